The molecular weight excluding hydrogens is 188 g/mol. The summed E-state index contributed by atoms with van der Waals surface area (Å²) in [7, 11) is 0. The molecule has 1 rings (SSSR count). The zero-order valence-electron chi connectivity index (χ0n) is 7.78. The molecule has 1 unspecified atom stereocenters. The molecule has 3 N–H and O–H groups in total. The molecule has 0 aliphatic carbocycles. The van der Waals surface area contributed by atoms with Crippen molar-refractivity contribution in [3.8, 4) is 0 Å². The number of rotatable bonds is 5. The third-order valence-corrected chi connectivity index (χ3v) is 2.56. The van der Waals surface area contributed by atoms with Gasteiger partial charge in [-0.3, -0.25) is 0 Å². The molecule has 0 radical (unpaired) electrons. The average Bonchev–Trinajstić information content (AvgIpc) is 2.61. The van der Waals surface area contributed by atoms with Gasteiger partial charge >= 0.3 is 6.01 Å². The lowest BCUT2D eigenvalue weighted by molar-refractivity contribution is 0.507. The first-order valence-electron chi connectivity index (χ1n) is 4.05. The molecular formula is C7H14N4OS. The molecule has 1 aromatic rings. The smallest absolute Gasteiger partial charge is 0.315 e. The highest BCUT2D eigenvalue weighted by Gasteiger charge is 2.04. The van der Waals surface area contributed by atoms with Crippen LogP contribution in [0.4, 0.5) is 6.01 Å². The largest absolute Gasteiger partial charge is 0.407 e. The highest BCUT2D eigenvalue weighted by atomic mass is 32.2. The van der Waals surface area contributed by atoms with Gasteiger partial charge in [0.05, 0.1) is 6.54 Å². The van der Waals surface area contributed by atoms with Crippen molar-refractivity contribution in [2.24, 2.45) is 5.73 Å². The topological polar surface area (TPSA) is 77.0 Å². The first kappa shape index (κ1) is 10.3. The predicted molar refractivity (Wildman–Crippen MR) is 53.7 cm³/mol. The van der Waals surface area contributed by atoms with Gasteiger partial charge in [0, 0.05) is 11.8 Å². The van der Waals surface area contributed by atoms with Crippen molar-refractivity contribution >= 4 is 17.8 Å². The first-order valence-corrected chi connectivity index (χ1v) is 5.34. The van der Waals surface area contributed by atoms with Crippen molar-refractivity contribution in [2.45, 2.75) is 18.7 Å². The highest BCUT2D eigenvalue weighted by Crippen LogP contribution is 2.08. The molecule has 0 bridgehead atoms. The SMILES string of the molecule is CSC(C)CNc1nnc(CN)o1. The van der Waals surface area contributed by atoms with E-state index in [2.05, 4.69) is 28.7 Å². The van der Waals surface area contributed by atoms with Gasteiger partial charge in [0.25, 0.3) is 0 Å². The maximum atomic E-state index is 5.32. The van der Waals surface area contributed by atoms with Gasteiger partial charge in [-0.15, -0.1) is 5.10 Å². The zero-order chi connectivity index (χ0) is 9.68. The van der Waals surface area contributed by atoms with Crippen molar-refractivity contribution in [3.63, 3.8) is 0 Å². The van der Waals surface area contributed by atoms with Crippen LogP contribution in [0.3, 0.4) is 0 Å². The van der Waals surface area contributed by atoms with E-state index in [9.17, 15) is 0 Å². The maximum Gasteiger partial charge on any atom is 0.315 e. The van der Waals surface area contributed by atoms with Gasteiger partial charge in [-0.1, -0.05) is 12.0 Å². The predicted octanol–water partition coefficient (Wildman–Crippen LogP) is 0.692. The third-order valence-electron chi connectivity index (χ3n) is 1.58. The van der Waals surface area contributed by atoms with Crippen molar-refractivity contribution in [3.05, 3.63) is 5.89 Å². The van der Waals surface area contributed by atoms with E-state index >= 15 is 0 Å². The lowest BCUT2D eigenvalue weighted by Gasteiger charge is -2.06. The maximum absolute atomic E-state index is 5.32. The van der Waals surface area contributed by atoms with Crippen LogP contribution >= 0.6 is 11.8 Å². The molecule has 0 aromatic carbocycles. The molecule has 0 saturated heterocycles. The standard InChI is InChI=1S/C7H14N4OS/c1-5(13-2)4-9-7-11-10-6(3-8)12-7/h5H,3-4,8H2,1-2H3,(H,9,11). The number of nitrogens with zero attached hydrogens (tertiary/aromatic N) is 2. The summed E-state index contributed by atoms with van der Waals surface area (Å²) in [6.07, 6.45) is 2.06. The number of anilines is 1. The van der Waals surface area contributed by atoms with Crippen LogP contribution in [0.1, 0.15) is 12.8 Å². The Balaban J connectivity index is 2.36. The summed E-state index contributed by atoms with van der Waals surface area (Å²) in [6, 6.07) is 0.446. The second kappa shape index (κ2) is 5.08. The van der Waals surface area contributed by atoms with Crippen molar-refractivity contribution in [1.29, 1.82) is 0 Å². The minimum Gasteiger partial charge on any atom is -0.407 e. The Morgan fingerprint density at radius 1 is 1.62 bits per heavy atom. The Bertz CT molecular complexity index is 252. The Labute approximate surface area is 81.5 Å². The van der Waals surface area contributed by atoms with Crippen LogP contribution in [0.5, 0.6) is 0 Å². The van der Waals surface area contributed by atoms with Gasteiger partial charge in [0.15, 0.2) is 0 Å². The van der Waals surface area contributed by atoms with Crippen molar-refractivity contribution in [1.82, 2.24) is 10.2 Å². The molecule has 6 heteroatoms. The van der Waals surface area contributed by atoms with E-state index in [0.717, 1.165) is 6.54 Å². The lowest BCUT2D eigenvalue weighted by Crippen LogP contribution is -2.12. The number of hydrogen-bond acceptors (Lipinski definition) is 6. The van der Waals surface area contributed by atoms with Crippen LogP contribution in [-0.4, -0.2) is 28.2 Å². The molecule has 0 aliphatic heterocycles. The Hall–Kier alpha value is -0.750. The monoisotopic (exact) mass is 202 g/mol. The van der Waals surface area contributed by atoms with E-state index in [1.54, 1.807) is 11.8 Å². The van der Waals surface area contributed by atoms with E-state index in [0.29, 0.717) is 17.2 Å². The molecule has 0 spiro atoms. The van der Waals surface area contributed by atoms with Gasteiger partial charge in [0.2, 0.25) is 5.89 Å². The van der Waals surface area contributed by atoms with E-state index < -0.39 is 0 Å². The normalized spacial score (nSPS) is 12.8. The molecule has 0 fully saturated rings. The van der Waals surface area contributed by atoms with Crippen LogP contribution in [0.15, 0.2) is 4.42 Å². The van der Waals surface area contributed by atoms with E-state index in [4.69, 9.17) is 10.2 Å². The van der Waals surface area contributed by atoms with Crippen LogP contribution in [-0.2, 0) is 6.54 Å². The van der Waals surface area contributed by atoms with E-state index in [1.165, 1.54) is 0 Å². The van der Waals surface area contributed by atoms with Crippen LogP contribution in [0.25, 0.3) is 0 Å². The van der Waals surface area contributed by atoms with Crippen LogP contribution in [0, 0.1) is 0 Å². The molecule has 0 amide bonds. The Kier molecular flexibility index (Phi) is 4.04. The fourth-order valence-electron chi connectivity index (χ4n) is 0.722. The molecule has 5 nitrogen and oxygen atoms in total. The van der Waals surface area contributed by atoms with Gasteiger partial charge in [-0.05, 0) is 6.26 Å². The second-order valence-electron chi connectivity index (χ2n) is 2.63. The Morgan fingerprint density at radius 3 is 2.92 bits per heavy atom. The van der Waals surface area contributed by atoms with Crippen LogP contribution in [0.2, 0.25) is 0 Å². The van der Waals surface area contributed by atoms with E-state index in [1.807, 2.05) is 0 Å². The molecule has 13 heavy (non-hydrogen) atoms. The quantitative estimate of drug-likeness (QED) is 0.731. The van der Waals surface area contributed by atoms with Gasteiger partial charge in [0.1, 0.15) is 0 Å². The number of aromatic nitrogens is 2. The third kappa shape index (κ3) is 3.23. The summed E-state index contributed by atoms with van der Waals surface area (Å²) in [5, 5.41) is 11.1. The summed E-state index contributed by atoms with van der Waals surface area (Å²) < 4.78 is 5.16. The highest BCUT2D eigenvalue weighted by molar-refractivity contribution is 7.99. The molecule has 1 atom stereocenters. The first-order chi connectivity index (χ1) is 6.26. The minimum absolute atomic E-state index is 0.284. The fraction of sp³-hybridized carbons (Fsp3) is 0.714. The van der Waals surface area contributed by atoms with E-state index in [-0.39, 0.29) is 6.54 Å². The summed E-state index contributed by atoms with van der Waals surface area (Å²) >= 11 is 1.78. The number of nitrogens with one attached hydrogen (secondary N) is 1. The molecule has 1 aromatic heterocycles. The Morgan fingerprint density at radius 2 is 2.38 bits per heavy atom. The van der Waals surface area contributed by atoms with Crippen molar-refractivity contribution < 1.29 is 4.42 Å². The van der Waals surface area contributed by atoms with Gasteiger partial charge in [-0.25, -0.2) is 0 Å². The zero-order valence-corrected chi connectivity index (χ0v) is 8.60. The minimum atomic E-state index is 0.284. The number of thioether (sulfide) groups is 1. The summed E-state index contributed by atoms with van der Waals surface area (Å²) in [5.41, 5.74) is 5.32. The second-order valence-corrected chi connectivity index (χ2v) is 3.91. The fourth-order valence-corrected chi connectivity index (χ4v) is 0.972. The van der Waals surface area contributed by atoms with Gasteiger partial charge < -0.3 is 15.5 Å². The number of hydrogen-bond donors (Lipinski definition) is 2. The summed E-state index contributed by atoms with van der Waals surface area (Å²) in [4.78, 5) is 0. The molecule has 74 valence electrons. The lowest BCUT2D eigenvalue weighted by atomic mass is 10.5. The van der Waals surface area contributed by atoms with Gasteiger partial charge in [-0.2, -0.15) is 11.8 Å². The summed E-state index contributed by atoms with van der Waals surface area (Å²) in [6.45, 7) is 3.22. The van der Waals surface area contributed by atoms with Crippen LogP contribution < -0.4 is 11.1 Å². The van der Waals surface area contributed by atoms with Crippen molar-refractivity contribution in [2.75, 3.05) is 18.1 Å². The summed E-state index contributed by atoms with van der Waals surface area (Å²) in [5.74, 6) is 0.458. The number of nitrogens with two attached hydrogens (primary N) is 1. The molecule has 0 saturated carbocycles. The molecule has 1 heterocycles. The molecule has 0 aliphatic rings. The average molecular weight is 202 g/mol.